The number of hydrogen-bond acceptors (Lipinski definition) is 15. The lowest BCUT2D eigenvalue weighted by Gasteiger charge is -2.42. The highest BCUT2D eigenvalue weighted by atomic mass is 16.7. The Labute approximate surface area is 406 Å². The van der Waals surface area contributed by atoms with Gasteiger partial charge >= 0.3 is 11.9 Å². The molecule has 2 rings (SSSR count). The summed E-state index contributed by atoms with van der Waals surface area (Å²) in [6, 6.07) is 0. The first-order valence-corrected chi connectivity index (χ1v) is 25.5. The fraction of sp³-hybridized carbons (Fsp3) is 0.736. The van der Waals surface area contributed by atoms with Gasteiger partial charge in [-0.05, 0) is 77.0 Å². The van der Waals surface area contributed by atoms with Crippen molar-refractivity contribution in [3.63, 3.8) is 0 Å². The monoisotopic (exact) mass is 965 g/mol. The van der Waals surface area contributed by atoms with Gasteiger partial charge in [0, 0.05) is 12.8 Å². The van der Waals surface area contributed by atoms with Crippen LogP contribution >= 0.6 is 0 Å². The van der Waals surface area contributed by atoms with Gasteiger partial charge in [-0.3, -0.25) is 9.59 Å². The molecule has 0 spiro atoms. The Kier molecular flexibility index (Phi) is 35.6. The molecule has 15 heteroatoms. The van der Waals surface area contributed by atoms with Gasteiger partial charge in [0.1, 0.15) is 55.4 Å². The first-order valence-electron chi connectivity index (χ1n) is 25.5. The molecular formula is C53H88O15. The molecule has 4 unspecified atom stereocenters. The van der Waals surface area contributed by atoms with Gasteiger partial charge in [-0.25, -0.2) is 0 Å². The number of ether oxygens (including phenoxy) is 6. The van der Waals surface area contributed by atoms with Crippen LogP contribution < -0.4 is 0 Å². The van der Waals surface area contributed by atoms with Crippen LogP contribution in [0.5, 0.6) is 0 Å². The summed E-state index contributed by atoms with van der Waals surface area (Å²) in [5, 5.41) is 72.0. The lowest BCUT2D eigenvalue weighted by molar-refractivity contribution is -0.332. The van der Waals surface area contributed by atoms with Crippen LogP contribution in [-0.2, 0) is 38.0 Å². The van der Waals surface area contributed by atoms with Gasteiger partial charge in [0.2, 0.25) is 0 Å². The Bertz CT molecular complexity index is 1460. The number of unbranched alkanes of at least 4 members (excludes halogenated alkanes) is 12. The summed E-state index contributed by atoms with van der Waals surface area (Å²) in [6.45, 7) is 2.44. The predicted octanol–water partition coefficient (Wildman–Crippen LogP) is 7.04. The lowest BCUT2D eigenvalue weighted by atomic mass is 9.98. The topological polar surface area (TPSA) is 231 Å². The number of aliphatic hydroxyl groups excluding tert-OH is 7. The molecule has 7 N–H and O–H groups in total. The average Bonchev–Trinajstić information content (AvgIpc) is 3.33. The summed E-state index contributed by atoms with van der Waals surface area (Å²) in [4.78, 5) is 25.7. The van der Waals surface area contributed by atoms with Crippen LogP contribution in [0.15, 0.2) is 72.9 Å². The molecule has 68 heavy (non-hydrogen) atoms. The van der Waals surface area contributed by atoms with E-state index in [9.17, 15) is 45.3 Å². The molecular weight excluding hydrogens is 877 g/mol. The first-order chi connectivity index (χ1) is 33.0. The van der Waals surface area contributed by atoms with Crippen LogP contribution in [-0.4, -0.2) is 142 Å². The Morgan fingerprint density at radius 2 is 0.912 bits per heavy atom. The molecule has 2 saturated heterocycles. The van der Waals surface area contributed by atoms with E-state index in [2.05, 4.69) is 74.6 Å². The summed E-state index contributed by atoms with van der Waals surface area (Å²) in [6.07, 6.45) is 29.4. The van der Waals surface area contributed by atoms with E-state index in [1.165, 1.54) is 44.9 Å². The second kappa shape index (κ2) is 39.6. The molecule has 0 saturated carbocycles. The number of rotatable bonds is 38. The second-order valence-electron chi connectivity index (χ2n) is 17.6. The maximum absolute atomic E-state index is 13.0. The molecule has 0 bridgehead atoms. The molecule has 390 valence electrons. The summed E-state index contributed by atoms with van der Waals surface area (Å²) < 4.78 is 33.4. The zero-order chi connectivity index (χ0) is 49.6. The Balaban J connectivity index is 1.86. The first kappa shape index (κ1) is 61.1. The molecule has 2 aliphatic rings. The third-order valence-corrected chi connectivity index (χ3v) is 11.7. The molecule has 2 fully saturated rings. The fourth-order valence-electron chi connectivity index (χ4n) is 7.43. The number of aliphatic hydroxyl groups is 7. The highest BCUT2D eigenvalue weighted by Gasteiger charge is 2.47. The Morgan fingerprint density at radius 3 is 1.49 bits per heavy atom. The van der Waals surface area contributed by atoms with Crippen molar-refractivity contribution in [3.8, 4) is 0 Å². The van der Waals surface area contributed by atoms with Crippen molar-refractivity contribution in [2.45, 2.75) is 223 Å². The third kappa shape index (κ3) is 27.4. The van der Waals surface area contributed by atoms with Crippen LogP contribution in [0.3, 0.4) is 0 Å². The molecule has 2 heterocycles. The fourth-order valence-corrected chi connectivity index (χ4v) is 7.43. The van der Waals surface area contributed by atoms with E-state index in [0.29, 0.717) is 19.3 Å². The summed E-state index contributed by atoms with van der Waals surface area (Å²) in [5.74, 6) is -1.04. The summed E-state index contributed by atoms with van der Waals surface area (Å²) >= 11 is 0. The highest BCUT2D eigenvalue weighted by molar-refractivity contribution is 5.70. The van der Waals surface area contributed by atoms with E-state index in [0.717, 1.165) is 64.2 Å². The van der Waals surface area contributed by atoms with Crippen molar-refractivity contribution < 1.29 is 73.8 Å². The number of carbonyl (C=O) groups excluding carboxylic acids is 2. The van der Waals surface area contributed by atoms with Crippen LogP contribution in [0.1, 0.15) is 155 Å². The lowest BCUT2D eigenvalue weighted by Crippen LogP contribution is -2.61. The molecule has 0 amide bonds. The van der Waals surface area contributed by atoms with Crippen LogP contribution in [0.2, 0.25) is 0 Å². The van der Waals surface area contributed by atoms with Gasteiger partial charge in [0.05, 0.1) is 19.8 Å². The van der Waals surface area contributed by atoms with Crippen LogP contribution in [0.4, 0.5) is 0 Å². The Morgan fingerprint density at radius 1 is 0.471 bits per heavy atom. The molecule has 11 atom stereocenters. The number of hydrogen-bond donors (Lipinski definition) is 7. The van der Waals surface area contributed by atoms with Crippen molar-refractivity contribution in [1.82, 2.24) is 0 Å². The van der Waals surface area contributed by atoms with Crippen LogP contribution in [0.25, 0.3) is 0 Å². The van der Waals surface area contributed by atoms with Gasteiger partial charge in [-0.15, -0.1) is 0 Å². The van der Waals surface area contributed by atoms with Crippen LogP contribution in [0, 0.1) is 0 Å². The quantitative estimate of drug-likeness (QED) is 0.0187. The van der Waals surface area contributed by atoms with Gasteiger partial charge in [0.15, 0.2) is 18.7 Å². The Hall–Kier alpha value is -3.06. The van der Waals surface area contributed by atoms with Crippen molar-refractivity contribution in [2.24, 2.45) is 0 Å². The maximum atomic E-state index is 13.0. The second-order valence-corrected chi connectivity index (χ2v) is 17.6. The van der Waals surface area contributed by atoms with Crippen molar-refractivity contribution in [2.75, 3.05) is 26.4 Å². The van der Waals surface area contributed by atoms with Gasteiger partial charge in [-0.1, -0.05) is 138 Å². The number of esters is 2. The van der Waals surface area contributed by atoms with Gasteiger partial charge in [0.25, 0.3) is 0 Å². The molecule has 2 aliphatic heterocycles. The predicted molar refractivity (Wildman–Crippen MR) is 261 cm³/mol. The number of allylic oxidation sites excluding steroid dienone is 12. The van der Waals surface area contributed by atoms with E-state index in [4.69, 9.17) is 28.4 Å². The largest absolute Gasteiger partial charge is 0.462 e. The molecule has 0 aromatic heterocycles. The smallest absolute Gasteiger partial charge is 0.306 e. The van der Waals surface area contributed by atoms with E-state index >= 15 is 0 Å². The maximum Gasteiger partial charge on any atom is 0.306 e. The van der Waals surface area contributed by atoms with E-state index in [-0.39, 0.29) is 19.4 Å². The van der Waals surface area contributed by atoms with Crippen molar-refractivity contribution >= 4 is 11.9 Å². The highest BCUT2D eigenvalue weighted by Crippen LogP contribution is 2.26. The van der Waals surface area contributed by atoms with E-state index < -0.39 is 99.3 Å². The zero-order valence-corrected chi connectivity index (χ0v) is 41.1. The summed E-state index contributed by atoms with van der Waals surface area (Å²) in [5.41, 5.74) is 0. The third-order valence-electron chi connectivity index (χ3n) is 11.7. The van der Waals surface area contributed by atoms with Crippen molar-refractivity contribution in [3.05, 3.63) is 72.9 Å². The molecule has 0 aromatic rings. The average molecular weight is 965 g/mol. The summed E-state index contributed by atoms with van der Waals surface area (Å²) in [7, 11) is 0. The van der Waals surface area contributed by atoms with E-state index in [1.54, 1.807) is 0 Å². The molecule has 0 aromatic carbocycles. The molecule has 0 radical (unpaired) electrons. The zero-order valence-electron chi connectivity index (χ0n) is 41.1. The SMILES string of the molecule is CCCCC/C=C/C/C=C/C/C=C/C/C=C/C/C=C/CCC(=O)O[C@H](COC(=O)CCCCCCC/C=C/CCCCCC)CO[C@H]1O[C@@H](CO[C@H]2O[C@@H](CO)[C@@H](O)C(O)C2O)[C@@H](O)C(O)C1O. The minimum atomic E-state index is -1.78. The number of carbonyl (C=O) groups is 2. The van der Waals surface area contributed by atoms with Gasteiger partial charge in [-0.2, -0.15) is 0 Å². The minimum absolute atomic E-state index is 0.0368. The van der Waals surface area contributed by atoms with E-state index in [1.807, 2.05) is 12.2 Å². The normalized spacial score (nSPS) is 26.4. The van der Waals surface area contributed by atoms with Gasteiger partial charge < -0.3 is 64.2 Å². The standard InChI is InChI=1S/C53H88O15/c1-3-5-7-9-11-13-15-17-18-19-20-21-22-24-26-28-30-32-34-36-45(56)66-41(38-63-44(55)35-33-31-29-27-25-23-16-14-12-10-8-6-4-2)39-64-52-51(62)49(60)47(58)43(68-52)40-65-53-50(61)48(59)46(57)42(37-54)67-53/h11,13-14,16-18,20-21,24,26,30,32,41-43,46-54,57-62H,3-10,12,15,19,22-23,25,27-29,31,33-40H2,1-2H3/b13-11+,16-14+,18-17+,21-20+,26-24+,32-30+/t41-,42+,43+,46-,47-,48?,49?,50?,51?,52+,53+/m1/s1. The molecule has 0 aliphatic carbocycles. The minimum Gasteiger partial charge on any atom is -0.462 e. The van der Waals surface area contributed by atoms with Crippen molar-refractivity contribution in [1.29, 1.82) is 0 Å². The molecule has 15 nitrogen and oxygen atoms in total.